The van der Waals surface area contributed by atoms with Crippen molar-refractivity contribution in [3.05, 3.63) is 97.2 Å². The highest BCUT2D eigenvalue weighted by Crippen LogP contribution is 2.12. The van der Waals surface area contributed by atoms with Crippen molar-refractivity contribution < 1.29 is 38.2 Å². The summed E-state index contributed by atoms with van der Waals surface area (Å²) in [7, 11) is 5.49. The van der Waals surface area contributed by atoms with E-state index in [9.17, 15) is 19.5 Å². The number of esters is 2. The maximum Gasteiger partial charge on any atom is 0.362 e. The number of rotatable bonds is 37. The molecular formula is C49H80NO7+. The third-order valence-corrected chi connectivity index (χ3v) is 9.16. The Hall–Kier alpha value is -3.75. The molecule has 0 aromatic heterocycles. The number of nitrogens with zero attached hydrogens (tertiary/aromatic N) is 1. The van der Waals surface area contributed by atoms with Crippen LogP contribution in [0.3, 0.4) is 0 Å². The van der Waals surface area contributed by atoms with Crippen molar-refractivity contribution in [2.24, 2.45) is 0 Å². The van der Waals surface area contributed by atoms with Crippen LogP contribution in [-0.2, 0) is 28.6 Å². The number of allylic oxidation sites excluding steroid dienone is 16. The van der Waals surface area contributed by atoms with Gasteiger partial charge in [0.1, 0.15) is 6.61 Å². The molecule has 8 heteroatoms. The summed E-state index contributed by atoms with van der Waals surface area (Å²) >= 11 is 0. The van der Waals surface area contributed by atoms with E-state index in [-0.39, 0.29) is 36.2 Å². The highest BCUT2D eigenvalue weighted by molar-refractivity contribution is 5.72. The van der Waals surface area contributed by atoms with Gasteiger partial charge in [-0.2, -0.15) is 0 Å². The Morgan fingerprint density at radius 3 is 1.51 bits per heavy atom. The summed E-state index contributed by atoms with van der Waals surface area (Å²) < 4.78 is 17.2. The Labute approximate surface area is 347 Å². The van der Waals surface area contributed by atoms with Gasteiger partial charge in [0.25, 0.3) is 0 Å². The maximum absolute atomic E-state index is 12.7. The molecular weight excluding hydrogens is 715 g/mol. The molecule has 0 aliphatic rings. The van der Waals surface area contributed by atoms with Gasteiger partial charge >= 0.3 is 17.9 Å². The van der Waals surface area contributed by atoms with Gasteiger partial charge in [0.15, 0.2) is 12.1 Å². The number of unbranched alkanes of at least 4 members (excludes halogenated alkanes) is 13. The smallest absolute Gasteiger partial charge is 0.362 e. The van der Waals surface area contributed by atoms with Crippen molar-refractivity contribution in [2.45, 2.75) is 154 Å². The number of quaternary nitrogens is 1. The number of carboxylic acid groups (broad SMARTS) is 1. The van der Waals surface area contributed by atoms with Gasteiger partial charge in [0.2, 0.25) is 0 Å². The Morgan fingerprint density at radius 2 is 1.00 bits per heavy atom. The van der Waals surface area contributed by atoms with Crippen LogP contribution in [0.5, 0.6) is 0 Å². The average molecular weight is 795 g/mol. The van der Waals surface area contributed by atoms with E-state index in [4.69, 9.17) is 14.2 Å². The number of carbonyl (C=O) groups is 3. The fraction of sp³-hybridized carbons (Fsp3) is 0.612. The lowest BCUT2D eigenvalue weighted by Crippen LogP contribution is -2.50. The van der Waals surface area contributed by atoms with Crippen LogP contribution in [-0.4, -0.2) is 80.6 Å². The van der Waals surface area contributed by atoms with E-state index in [1.165, 1.54) is 44.9 Å². The molecule has 322 valence electrons. The quantitative estimate of drug-likeness (QED) is 0.0220. The van der Waals surface area contributed by atoms with E-state index >= 15 is 0 Å². The molecule has 1 N–H and O–H groups in total. The highest BCUT2D eigenvalue weighted by atomic mass is 16.6. The predicted molar refractivity (Wildman–Crippen MR) is 238 cm³/mol. The van der Waals surface area contributed by atoms with Gasteiger partial charge in [-0.05, 0) is 57.8 Å². The van der Waals surface area contributed by atoms with Crippen LogP contribution in [0.15, 0.2) is 97.2 Å². The highest BCUT2D eigenvalue weighted by Gasteiger charge is 2.31. The summed E-state index contributed by atoms with van der Waals surface area (Å²) in [5, 5.41) is 9.62. The fourth-order valence-corrected chi connectivity index (χ4v) is 5.77. The second-order valence-electron chi connectivity index (χ2n) is 15.4. The number of likely N-dealkylation sites (N-methyl/N-ethyl adjacent to an activating group) is 1. The summed E-state index contributed by atoms with van der Waals surface area (Å²) in [4.78, 5) is 37.0. The standard InChI is InChI=1S/C49H79NO7/c1-6-8-10-12-14-16-18-20-22-23-24-25-26-28-29-31-33-35-37-39-47(51)56-44-45(43-55-42-41-46(49(53)54)50(3,4)5)57-48(52)40-38-36-34-32-30-27-21-19-17-15-13-11-9-7-2/h8,10,12,14,16,18,20,22-30,45-46H,6-7,9,11,13,15,17,19,21,31-44H2,1-5H3/p+1/b10-8+,14-12+,18-16+,22-20+,24-23+,26-25+,29-28+,30-27+. The lowest BCUT2D eigenvalue weighted by atomic mass is 10.1. The monoisotopic (exact) mass is 795 g/mol. The molecule has 0 bridgehead atoms. The van der Waals surface area contributed by atoms with Crippen LogP contribution in [0.1, 0.15) is 142 Å². The van der Waals surface area contributed by atoms with E-state index < -0.39 is 18.1 Å². The number of ether oxygens (including phenoxy) is 3. The van der Waals surface area contributed by atoms with Crippen molar-refractivity contribution in [1.82, 2.24) is 0 Å². The molecule has 0 aliphatic carbocycles. The Morgan fingerprint density at radius 1 is 0.544 bits per heavy atom. The van der Waals surface area contributed by atoms with Crippen LogP contribution >= 0.6 is 0 Å². The predicted octanol–water partition coefficient (Wildman–Crippen LogP) is 11.9. The largest absolute Gasteiger partial charge is 0.477 e. The SMILES string of the molecule is CC/C=C/C=C/C=C/C=C/C=C/C=C/C=C/CCCCCC(=O)OCC(COCCC(C(=O)O)[N+](C)(C)C)OC(=O)CCCCC/C=C/CCCCCCCCC. The average Bonchev–Trinajstić information content (AvgIpc) is 3.17. The minimum absolute atomic E-state index is 0.0336. The minimum atomic E-state index is -0.889. The number of hydrogen-bond donors (Lipinski definition) is 1. The van der Waals surface area contributed by atoms with Crippen molar-refractivity contribution in [2.75, 3.05) is 41.0 Å². The van der Waals surface area contributed by atoms with Gasteiger partial charge in [-0.15, -0.1) is 0 Å². The normalized spacial score (nSPS) is 13.9. The maximum atomic E-state index is 12.7. The molecule has 0 aromatic rings. The van der Waals surface area contributed by atoms with Crippen molar-refractivity contribution in [3.8, 4) is 0 Å². The molecule has 0 radical (unpaired) electrons. The summed E-state index contributed by atoms with van der Waals surface area (Å²) in [6.07, 6.45) is 51.6. The molecule has 0 heterocycles. The molecule has 57 heavy (non-hydrogen) atoms. The van der Waals surface area contributed by atoms with E-state index in [1.54, 1.807) is 0 Å². The zero-order valence-corrected chi connectivity index (χ0v) is 36.5. The van der Waals surface area contributed by atoms with E-state index in [2.05, 4.69) is 38.2 Å². The van der Waals surface area contributed by atoms with Gasteiger partial charge in [0, 0.05) is 19.3 Å². The van der Waals surface area contributed by atoms with E-state index in [1.807, 2.05) is 94.1 Å². The molecule has 0 saturated heterocycles. The van der Waals surface area contributed by atoms with Crippen LogP contribution in [0.2, 0.25) is 0 Å². The zero-order chi connectivity index (χ0) is 42.1. The Balaban J connectivity index is 4.50. The molecule has 0 aliphatic heterocycles. The van der Waals surface area contributed by atoms with E-state index in [0.29, 0.717) is 25.7 Å². The first-order valence-electron chi connectivity index (χ1n) is 21.9. The number of hydrogen-bond acceptors (Lipinski definition) is 6. The van der Waals surface area contributed by atoms with Crippen LogP contribution in [0.4, 0.5) is 0 Å². The van der Waals surface area contributed by atoms with Crippen LogP contribution in [0.25, 0.3) is 0 Å². The minimum Gasteiger partial charge on any atom is -0.477 e. The van der Waals surface area contributed by atoms with E-state index in [0.717, 1.165) is 57.8 Å². The molecule has 0 spiro atoms. The topological polar surface area (TPSA) is 99.1 Å². The summed E-state index contributed by atoms with van der Waals surface area (Å²) in [5.41, 5.74) is 0. The van der Waals surface area contributed by atoms with Crippen molar-refractivity contribution in [3.63, 3.8) is 0 Å². The summed E-state index contributed by atoms with van der Waals surface area (Å²) in [5.74, 6) is -1.56. The number of carbonyl (C=O) groups excluding carboxylic acids is 2. The molecule has 8 nitrogen and oxygen atoms in total. The third kappa shape index (κ3) is 37.6. The van der Waals surface area contributed by atoms with Gasteiger partial charge in [0.05, 0.1) is 34.4 Å². The first kappa shape index (κ1) is 53.2. The molecule has 2 unspecified atom stereocenters. The second-order valence-corrected chi connectivity index (χ2v) is 15.4. The molecule has 0 rings (SSSR count). The molecule has 0 saturated carbocycles. The first-order chi connectivity index (χ1) is 27.6. The van der Waals surface area contributed by atoms with Crippen LogP contribution in [0, 0.1) is 0 Å². The molecule has 0 amide bonds. The van der Waals surface area contributed by atoms with Crippen molar-refractivity contribution >= 4 is 17.9 Å². The third-order valence-electron chi connectivity index (χ3n) is 9.16. The molecule has 0 aromatic carbocycles. The second kappa shape index (κ2) is 39.1. The number of aliphatic carboxylic acids is 1. The Bertz CT molecular complexity index is 1250. The summed E-state index contributed by atoms with van der Waals surface area (Å²) in [6.45, 7) is 4.49. The zero-order valence-electron chi connectivity index (χ0n) is 36.5. The molecule has 2 atom stereocenters. The van der Waals surface area contributed by atoms with Gasteiger partial charge < -0.3 is 23.8 Å². The van der Waals surface area contributed by atoms with Crippen LogP contribution < -0.4 is 0 Å². The summed E-state index contributed by atoms with van der Waals surface area (Å²) in [6, 6.07) is -0.630. The fourth-order valence-electron chi connectivity index (χ4n) is 5.77. The van der Waals surface area contributed by atoms with Crippen molar-refractivity contribution in [1.29, 1.82) is 0 Å². The molecule has 0 fully saturated rings. The van der Waals surface area contributed by atoms with Gasteiger partial charge in [-0.25, -0.2) is 4.79 Å². The van der Waals surface area contributed by atoms with Gasteiger partial charge in [-0.3, -0.25) is 9.59 Å². The first-order valence-corrected chi connectivity index (χ1v) is 21.9. The van der Waals surface area contributed by atoms with Gasteiger partial charge in [-0.1, -0.05) is 162 Å². The number of carboxylic acids is 1. The lowest BCUT2D eigenvalue weighted by molar-refractivity contribution is -0.887. The lowest BCUT2D eigenvalue weighted by Gasteiger charge is -2.31. The Kier molecular flexibility index (Phi) is 36.5.